The lowest BCUT2D eigenvalue weighted by atomic mass is 9.96. The Balaban J connectivity index is 0.00000205. The quantitative estimate of drug-likeness (QED) is 0.825. The average Bonchev–Trinajstić information content (AvgIpc) is 3.38. The predicted molar refractivity (Wildman–Crippen MR) is 115 cm³/mol. The van der Waals surface area contributed by atoms with Crippen molar-refractivity contribution < 1.29 is 13.9 Å². The Kier molecular flexibility index (Phi) is 6.32. The van der Waals surface area contributed by atoms with Crippen molar-refractivity contribution in [2.75, 3.05) is 45.9 Å². The molecule has 158 valence electrons. The van der Waals surface area contributed by atoms with Crippen molar-refractivity contribution in [3.8, 4) is 5.75 Å². The minimum atomic E-state index is 0. The molecule has 1 atom stereocenters. The molecule has 7 heteroatoms. The van der Waals surface area contributed by atoms with Gasteiger partial charge < -0.3 is 19.4 Å². The van der Waals surface area contributed by atoms with Crippen LogP contribution >= 0.6 is 12.4 Å². The highest BCUT2D eigenvalue weighted by Crippen LogP contribution is 2.34. The van der Waals surface area contributed by atoms with E-state index < -0.39 is 0 Å². The fourth-order valence-corrected chi connectivity index (χ4v) is 4.88. The molecule has 1 unspecified atom stereocenters. The number of ether oxygens (including phenoxy) is 1. The van der Waals surface area contributed by atoms with Gasteiger partial charge in [-0.15, -0.1) is 12.4 Å². The van der Waals surface area contributed by atoms with Crippen LogP contribution in [0.1, 0.15) is 30.6 Å². The fourth-order valence-electron chi connectivity index (χ4n) is 4.88. The zero-order valence-electron chi connectivity index (χ0n) is 16.8. The molecule has 2 aromatic rings. The van der Waals surface area contributed by atoms with Gasteiger partial charge in [-0.3, -0.25) is 9.69 Å². The molecule has 5 rings (SSSR count). The van der Waals surface area contributed by atoms with E-state index in [2.05, 4.69) is 10.2 Å². The normalized spacial score (nSPS) is 22.3. The van der Waals surface area contributed by atoms with Gasteiger partial charge in [-0.05, 0) is 43.9 Å². The number of nitrogens with one attached hydrogen (secondary N) is 1. The molecule has 1 N–H and O–H groups in total. The van der Waals surface area contributed by atoms with Crippen molar-refractivity contribution in [1.82, 2.24) is 15.1 Å². The molecule has 2 saturated heterocycles. The number of hydrogen-bond donors (Lipinski definition) is 1. The molecular weight excluding hydrogens is 390 g/mol. The first-order chi connectivity index (χ1) is 13.8. The SMILES string of the molecule is Cl.O=C(COc1ccc2oc3c(c2c1)CCCC3)N1CCC(N2CCNCC2)C1. The van der Waals surface area contributed by atoms with Crippen LogP contribution in [-0.2, 0) is 17.6 Å². The van der Waals surface area contributed by atoms with Gasteiger partial charge >= 0.3 is 0 Å². The van der Waals surface area contributed by atoms with Crippen LogP contribution in [0.15, 0.2) is 22.6 Å². The summed E-state index contributed by atoms with van der Waals surface area (Å²) in [6.07, 6.45) is 5.59. The summed E-state index contributed by atoms with van der Waals surface area (Å²) < 4.78 is 11.9. The van der Waals surface area contributed by atoms with Crippen LogP contribution < -0.4 is 10.1 Å². The van der Waals surface area contributed by atoms with E-state index in [9.17, 15) is 4.79 Å². The topological polar surface area (TPSA) is 58.0 Å². The molecule has 1 aromatic carbocycles. The molecule has 6 nitrogen and oxygen atoms in total. The van der Waals surface area contributed by atoms with Crippen LogP contribution in [0, 0.1) is 0 Å². The second-order valence-corrected chi connectivity index (χ2v) is 8.23. The number of benzene rings is 1. The van der Waals surface area contributed by atoms with Gasteiger partial charge in [0, 0.05) is 62.7 Å². The molecule has 29 heavy (non-hydrogen) atoms. The highest BCUT2D eigenvalue weighted by molar-refractivity contribution is 5.85. The van der Waals surface area contributed by atoms with Gasteiger partial charge in [0.25, 0.3) is 5.91 Å². The van der Waals surface area contributed by atoms with E-state index in [1.165, 1.54) is 18.4 Å². The maximum atomic E-state index is 12.6. The Morgan fingerprint density at radius 2 is 2.00 bits per heavy atom. The highest BCUT2D eigenvalue weighted by atomic mass is 35.5. The van der Waals surface area contributed by atoms with E-state index in [0.717, 1.165) is 81.0 Å². The summed E-state index contributed by atoms with van der Waals surface area (Å²) in [7, 11) is 0. The van der Waals surface area contributed by atoms with Crippen LogP contribution in [0.5, 0.6) is 5.75 Å². The van der Waals surface area contributed by atoms with Gasteiger partial charge in [0.05, 0.1) is 0 Å². The lowest BCUT2D eigenvalue weighted by Gasteiger charge is -2.32. The molecule has 0 saturated carbocycles. The average molecular weight is 420 g/mol. The second-order valence-electron chi connectivity index (χ2n) is 8.23. The first-order valence-corrected chi connectivity index (χ1v) is 10.7. The minimum Gasteiger partial charge on any atom is -0.484 e. The summed E-state index contributed by atoms with van der Waals surface area (Å²) in [5.74, 6) is 1.98. The number of hydrogen-bond acceptors (Lipinski definition) is 5. The zero-order valence-corrected chi connectivity index (χ0v) is 17.6. The number of rotatable bonds is 4. The standard InChI is InChI=1S/C22H29N3O3.ClH/c26-22(25-10-7-16(14-25)24-11-8-23-9-12-24)15-27-17-5-6-21-19(13-17)18-3-1-2-4-20(18)28-21;/h5-6,13,16,23H,1-4,7-12,14-15H2;1H. The van der Waals surface area contributed by atoms with Gasteiger partial charge in [0.15, 0.2) is 6.61 Å². The molecule has 1 aromatic heterocycles. The Morgan fingerprint density at radius 3 is 2.86 bits per heavy atom. The van der Waals surface area contributed by atoms with E-state index >= 15 is 0 Å². The molecule has 2 aliphatic heterocycles. The van der Waals surface area contributed by atoms with Crippen LogP contribution in [0.3, 0.4) is 0 Å². The van der Waals surface area contributed by atoms with Gasteiger partial charge in [0.1, 0.15) is 17.1 Å². The van der Waals surface area contributed by atoms with Crippen LogP contribution in [-0.4, -0.2) is 67.6 Å². The molecule has 2 fully saturated rings. The van der Waals surface area contributed by atoms with Gasteiger partial charge in [-0.1, -0.05) is 0 Å². The molecule has 0 radical (unpaired) electrons. The van der Waals surface area contributed by atoms with Crippen molar-refractivity contribution in [3.63, 3.8) is 0 Å². The summed E-state index contributed by atoms with van der Waals surface area (Å²) in [6.45, 7) is 6.04. The third-order valence-corrected chi connectivity index (χ3v) is 6.47. The fraction of sp³-hybridized carbons (Fsp3) is 0.591. The number of piperazine rings is 1. The summed E-state index contributed by atoms with van der Waals surface area (Å²) in [5, 5.41) is 4.54. The number of amides is 1. The van der Waals surface area contributed by atoms with Crippen molar-refractivity contribution >= 4 is 29.3 Å². The summed E-state index contributed by atoms with van der Waals surface area (Å²) in [5.41, 5.74) is 2.26. The Bertz CT molecular complexity index is 862. The van der Waals surface area contributed by atoms with Gasteiger partial charge in [-0.25, -0.2) is 0 Å². The van der Waals surface area contributed by atoms with Gasteiger partial charge in [-0.2, -0.15) is 0 Å². The Hall–Kier alpha value is -1.76. The van der Waals surface area contributed by atoms with Crippen molar-refractivity contribution in [3.05, 3.63) is 29.5 Å². The third kappa shape index (κ3) is 4.25. The Labute approximate surface area is 177 Å². The van der Waals surface area contributed by atoms with E-state index in [4.69, 9.17) is 9.15 Å². The monoisotopic (exact) mass is 419 g/mol. The highest BCUT2D eigenvalue weighted by Gasteiger charge is 2.31. The molecule has 3 heterocycles. The van der Waals surface area contributed by atoms with Gasteiger partial charge in [0.2, 0.25) is 0 Å². The van der Waals surface area contributed by atoms with E-state index in [0.29, 0.717) is 6.04 Å². The first kappa shape index (κ1) is 20.5. The van der Waals surface area contributed by atoms with Crippen molar-refractivity contribution in [1.29, 1.82) is 0 Å². The van der Waals surface area contributed by atoms with Crippen molar-refractivity contribution in [2.45, 2.75) is 38.1 Å². The summed E-state index contributed by atoms with van der Waals surface area (Å²) in [4.78, 5) is 17.1. The van der Waals surface area contributed by atoms with Crippen LogP contribution in [0.2, 0.25) is 0 Å². The number of fused-ring (bicyclic) bond motifs is 3. The number of carbonyl (C=O) groups excluding carboxylic acids is 1. The van der Waals surface area contributed by atoms with E-state index in [-0.39, 0.29) is 24.9 Å². The molecule has 1 aliphatic carbocycles. The molecule has 3 aliphatic rings. The molecule has 0 spiro atoms. The second kappa shape index (κ2) is 8.94. The first-order valence-electron chi connectivity index (χ1n) is 10.7. The number of likely N-dealkylation sites (tertiary alicyclic amines) is 1. The Morgan fingerprint density at radius 1 is 1.17 bits per heavy atom. The smallest absolute Gasteiger partial charge is 0.260 e. The minimum absolute atomic E-state index is 0. The zero-order chi connectivity index (χ0) is 18.9. The number of halogens is 1. The molecule has 1 amide bonds. The largest absolute Gasteiger partial charge is 0.484 e. The van der Waals surface area contributed by atoms with Crippen molar-refractivity contribution in [2.24, 2.45) is 0 Å². The van der Waals surface area contributed by atoms with Crippen LogP contribution in [0.4, 0.5) is 0 Å². The molecular formula is C22H30ClN3O3. The van der Waals surface area contributed by atoms with E-state index in [1.54, 1.807) is 0 Å². The number of carbonyl (C=O) groups is 1. The summed E-state index contributed by atoms with van der Waals surface area (Å²) in [6, 6.07) is 6.44. The third-order valence-electron chi connectivity index (χ3n) is 6.47. The summed E-state index contributed by atoms with van der Waals surface area (Å²) >= 11 is 0. The number of nitrogens with zero attached hydrogens (tertiary/aromatic N) is 2. The predicted octanol–water partition coefficient (Wildman–Crippen LogP) is 2.62. The number of aryl methyl sites for hydroxylation is 2. The lowest BCUT2D eigenvalue weighted by molar-refractivity contribution is -0.132. The maximum absolute atomic E-state index is 12.6. The maximum Gasteiger partial charge on any atom is 0.260 e. The van der Waals surface area contributed by atoms with E-state index in [1.807, 2.05) is 23.1 Å². The lowest BCUT2D eigenvalue weighted by Crippen LogP contribution is -2.49. The molecule has 0 bridgehead atoms. The number of furan rings is 1. The van der Waals surface area contributed by atoms with Crippen LogP contribution in [0.25, 0.3) is 11.0 Å².